The van der Waals surface area contributed by atoms with Crippen LogP contribution in [0.5, 0.6) is 0 Å². The molecule has 0 N–H and O–H groups in total. The first-order valence-electron chi connectivity index (χ1n) is 13.4. The summed E-state index contributed by atoms with van der Waals surface area (Å²) in [5, 5.41) is 0. The molecule has 1 aliphatic heterocycles. The van der Waals surface area contributed by atoms with Crippen molar-refractivity contribution in [3.8, 4) is 0 Å². The van der Waals surface area contributed by atoms with E-state index in [1.54, 1.807) is 0 Å². The summed E-state index contributed by atoms with van der Waals surface area (Å²) >= 11 is 0. The highest BCUT2D eigenvalue weighted by molar-refractivity contribution is 5.97. The van der Waals surface area contributed by atoms with Crippen molar-refractivity contribution < 1.29 is 76.8 Å². The van der Waals surface area contributed by atoms with Gasteiger partial charge in [0.05, 0.1) is 37.7 Å². The number of hydrogen-bond donors (Lipinski definition) is 0. The molecule has 2 atom stereocenters. The molecule has 3 rings (SSSR count). The van der Waals surface area contributed by atoms with Crippen molar-refractivity contribution in [2.24, 2.45) is 0 Å². The zero-order valence-corrected chi connectivity index (χ0v) is 24.1. The second-order valence-electron chi connectivity index (χ2n) is 10.5. The third-order valence-electron chi connectivity index (χ3n) is 7.16. The summed E-state index contributed by atoms with van der Waals surface area (Å²) in [6.45, 7) is 1.32. The molecule has 2 aliphatic carbocycles. The zero-order chi connectivity index (χ0) is 34.9. The van der Waals surface area contributed by atoms with Crippen molar-refractivity contribution in [1.29, 1.82) is 0 Å². The van der Waals surface area contributed by atoms with Crippen molar-refractivity contribution >= 4 is 11.9 Å². The number of rotatable bonds is 13. The van der Waals surface area contributed by atoms with Gasteiger partial charge in [0, 0.05) is 31.1 Å². The standard InChI is InChI=1S/C29H27F11O6/c1-15(2)23(41)45-11-9-26(32,33)29(39,40)28(37,38)25(30,31)8-10-44-18-5-4-16-12-20(24(42)46-22(16)14-18)19-7-6-17(43-3)13-21(19)27(34,35)36/h4-7,12,17,22H,1,8-11,13-14H2,2-3H3. The molecule has 1 heterocycles. The lowest BCUT2D eigenvalue weighted by atomic mass is 9.86. The Labute approximate surface area is 254 Å². The first-order valence-corrected chi connectivity index (χ1v) is 13.4. The van der Waals surface area contributed by atoms with Crippen LogP contribution in [0.1, 0.15) is 32.6 Å². The number of ether oxygens (including phenoxy) is 4. The molecule has 3 aliphatic rings. The topological polar surface area (TPSA) is 71.1 Å². The average molecular weight is 681 g/mol. The van der Waals surface area contributed by atoms with E-state index in [0.29, 0.717) is 0 Å². The van der Waals surface area contributed by atoms with Gasteiger partial charge in [-0.15, -0.1) is 0 Å². The molecule has 0 bridgehead atoms. The number of halogens is 11. The summed E-state index contributed by atoms with van der Waals surface area (Å²) < 4.78 is 174. The molecule has 0 saturated carbocycles. The van der Waals surface area contributed by atoms with Crippen molar-refractivity contribution in [1.82, 2.24) is 0 Å². The number of esters is 2. The molecule has 6 nitrogen and oxygen atoms in total. The van der Waals surface area contributed by atoms with Gasteiger partial charge in [0.2, 0.25) is 0 Å². The SMILES string of the molecule is C=C(C)C(=O)OCCC(F)(F)C(F)(F)C(F)(F)C(F)(F)CCOC1=CC=C2C=C(C3=C(C(F)(F)F)CC(OC)C=C3)C(=O)OC2C1. The summed E-state index contributed by atoms with van der Waals surface area (Å²) in [6, 6.07) is 0. The van der Waals surface area contributed by atoms with E-state index in [1.807, 2.05) is 0 Å². The smallest absolute Gasteiger partial charge is 0.413 e. The molecule has 0 saturated heterocycles. The van der Waals surface area contributed by atoms with Crippen LogP contribution in [0.2, 0.25) is 0 Å². The van der Waals surface area contributed by atoms with Gasteiger partial charge in [-0.1, -0.05) is 24.8 Å². The normalized spacial score (nSPS) is 21.2. The predicted molar refractivity (Wildman–Crippen MR) is 137 cm³/mol. The monoisotopic (exact) mass is 680 g/mol. The predicted octanol–water partition coefficient (Wildman–Crippen LogP) is 7.34. The number of methoxy groups -OCH3 is 1. The van der Waals surface area contributed by atoms with Crippen LogP contribution in [0.15, 0.2) is 70.6 Å². The minimum absolute atomic E-state index is 0.172. The number of fused-ring (bicyclic) bond motifs is 1. The minimum atomic E-state index is -6.58. The minimum Gasteiger partial charge on any atom is -0.498 e. The number of carbonyl (C=O) groups is 2. The van der Waals surface area contributed by atoms with E-state index in [1.165, 1.54) is 19.3 Å². The lowest BCUT2D eigenvalue weighted by molar-refractivity contribution is -0.369. The number of hydrogen-bond acceptors (Lipinski definition) is 6. The maximum Gasteiger partial charge on any atom is 0.413 e. The van der Waals surface area contributed by atoms with Gasteiger partial charge in [-0.3, -0.25) is 0 Å². The molecule has 46 heavy (non-hydrogen) atoms. The van der Waals surface area contributed by atoms with E-state index in [9.17, 15) is 57.9 Å². The Hall–Kier alpha value is -3.63. The van der Waals surface area contributed by atoms with E-state index >= 15 is 0 Å². The molecule has 0 aromatic heterocycles. The second-order valence-corrected chi connectivity index (χ2v) is 10.5. The van der Waals surface area contributed by atoms with E-state index in [0.717, 1.165) is 25.2 Å². The van der Waals surface area contributed by atoms with E-state index in [4.69, 9.17) is 14.2 Å². The maximum atomic E-state index is 14.3. The highest BCUT2D eigenvalue weighted by Gasteiger charge is 2.79. The summed E-state index contributed by atoms with van der Waals surface area (Å²) in [7, 11) is 1.21. The number of alkyl halides is 11. The highest BCUT2D eigenvalue weighted by atomic mass is 19.4. The lowest BCUT2D eigenvalue weighted by Crippen LogP contribution is -2.62. The molecule has 0 aromatic carbocycles. The summed E-state index contributed by atoms with van der Waals surface area (Å²) in [5.74, 6) is -27.3. The van der Waals surface area contributed by atoms with Crippen LogP contribution in [0.25, 0.3) is 0 Å². The van der Waals surface area contributed by atoms with Crippen LogP contribution in [0.4, 0.5) is 48.3 Å². The first-order chi connectivity index (χ1) is 21.1. The van der Waals surface area contributed by atoms with Crippen LogP contribution in [-0.4, -0.2) is 74.3 Å². The quantitative estimate of drug-likeness (QED) is 0.115. The highest BCUT2D eigenvalue weighted by Crippen LogP contribution is 2.54. The lowest BCUT2D eigenvalue weighted by Gasteiger charge is -2.37. The molecule has 0 amide bonds. The molecular formula is C29H27F11O6. The zero-order valence-electron chi connectivity index (χ0n) is 24.1. The molecule has 0 fully saturated rings. The van der Waals surface area contributed by atoms with E-state index < -0.39 is 110 Å². The first kappa shape index (κ1) is 36.8. The largest absolute Gasteiger partial charge is 0.498 e. The third-order valence-corrected chi connectivity index (χ3v) is 7.16. The average Bonchev–Trinajstić information content (AvgIpc) is 2.95. The number of allylic oxidation sites excluding steroid dienone is 3. The Bertz CT molecular complexity index is 1390. The third kappa shape index (κ3) is 7.50. The van der Waals surface area contributed by atoms with Gasteiger partial charge in [-0.25, -0.2) is 9.59 Å². The van der Waals surface area contributed by atoms with Gasteiger partial charge in [0.1, 0.15) is 11.9 Å². The van der Waals surface area contributed by atoms with Crippen LogP contribution in [0, 0.1) is 0 Å². The van der Waals surface area contributed by atoms with Crippen LogP contribution in [-0.2, 0) is 28.5 Å². The number of carbonyl (C=O) groups excluding carboxylic acids is 2. The van der Waals surface area contributed by atoms with Crippen LogP contribution < -0.4 is 0 Å². The summed E-state index contributed by atoms with van der Waals surface area (Å²) in [5.41, 5.74) is -2.05. The van der Waals surface area contributed by atoms with Gasteiger partial charge in [0.25, 0.3) is 0 Å². The fourth-order valence-electron chi connectivity index (χ4n) is 4.47. The van der Waals surface area contributed by atoms with Gasteiger partial charge in [0.15, 0.2) is 0 Å². The Morgan fingerprint density at radius 1 is 0.935 bits per heavy atom. The van der Waals surface area contributed by atoms with Crippen molar-refractivity contribution in [3.05, 3.63) is 70.6 Å². The van der Waals surface area contributed by atoms with Gasteiger partial charge in [-0.2, -0.15) is 48.3 Å². The Kier molecular flexibility index (Phi) is 10.6. The Morgan fingerprint density at radius 2 is 1.52 bits per heavy atom. The van der Waals surface area contributed by atoms with E-state index in [2.05, 4.69) is 11.3 Å². The second kappa shape index (κ2) is 13.2. The molecule has 0 aromatic rings. The molecular weight excluding hydrogens is 653 g/mol. The van der Waals surface area contributed by atoms with Crippen LogP contribution in [0.3, 0.4) is 0 Å². The maximum absolute atomic E-state index is 14.3. The van der Waals surface area contributed by atoms with Crippen LogP contribution >= 0.6 is 0 Å². The molecule has 0 radical (unpaired) electrons. The van der Waals surface area contributed by atoms with Gasteiger partial charge in [-0.05, 0) is 30.2 Å². The Balaban J connectivity index is 1.70. The van der Waals surface area contributed by atoms with Crippen molar-refractivity contribution in [3.63, 3.8) is 0 Å². The molecule has 2 unspecified atom stereocenters. The van der Waals surface area contributed by atoms with Crippen molar-refractivity contribution in [2.75, 3.05) is 20.3 Å². The van der Waals surface area contributed by atoms with Gasteiger partial charge >= 0.3 is 41.8 Å². The fraction of sp³-hybridized carbons (Fsp3) is 0.517. The van der Waals surface area contributed by atoms with E-state index in [-0.39, 0.29) is 16.9 Å². The Morgan fingerprint density at radius 3 is 2.07 bits per heavy atom. The van der Waals surface area contributed by atoms with Gasteiger partial charge < -0.3 is 18.9 Å². The van der Waals surface area contributed by atoms with Crippen molar-refractivity contribution in [2.45, 2.75) is 74.7 Å². The summed E-state index contributed by atoms with van der Waals surface area (Å²) in [6.07, 6.45) is -6.40. The molecule has 256 valence electrons. The summed E-state index contributed by atoms with van der Waals surface area (Å²) in [4.78, 5) is 23.9. The molecule has 0 spiro atoms. The molecule has 17 heteroatoms. The fourth-order valence-corrected chi connectivity index (χ4v) is 4.47.